The van der Waals surface area contributed by atoms with E-state index >= 15 is 0 Å². The van der Waals surface area contributed by atoms with E-state index in [4.69, 9.17) is 35.1 Å². The van der Waals surface area contributed by atoms with E-state index in [1.807, 2.05) is 50.2 Å². The summed E-state index contributed by atoms with van der Waals surface area (Å²) in [7, 11) is 6.31. The number of allylic oxidation sites excluding steroid dienone is 2. The highest BCUT2D eigenvalue weighted by Gasteiger charge is 2.27. The van der Waals surface area contributed by atoms with Gasteiger partial charge in [-0.1, -0.05) is 50.2 Å². The predicted octanol–water partition coefficient (Wildman–Crippen LogP) is 4.99. The van der Waals surface area contributed by atoms with Gasteiger partial charge in [0.05, 0.1) is 46.7 Å². The Morgan fingerprint density at radius 2 is 1.77 bits per heavy atom. The Morgan fingerprint density at radius 3 is 2.39 bits per heavy atom. The van der Waals surface area contributed by atoms with Crippen molar-refractivity contribution in [3.8, 4) is 28.9 Å². The first kappa shape index (κ1) is 42.9. The van der Waals surface area contributed by atoms with Crippen LogP contribution < -0.4 is 30.6 Å². The SMILES string of the molecule is CC.CNc1cc(C(=O)NCc2ccc(OC)cc2OC)nc(-c2nnc(C(=NCCO)/C(OCc3ccccc3)=C(/C)N)n2Cc2ccc(OC)nc2)c1C=N. The first-order valence-electron chi connectivity index (χ1n) is 18.2. The summed E-state index contributed by atoms with van der Waals surface area (Å²) in [5, 5.41) is 33.4. The van der Waals surface area contributed by atoms with Crippen LogP contribution in [-0.4, -0.2) is 89.2 Å². The molecule has 0 aliphatic rings. The molecule has 0 saturated carbocycles. The molecule has 1 amide bonds. The number of aromatic nitrogens is 5. The van der Waals surface area contributed by atoms with Gasteiger partial charge in [-0.2, -0.15) is 0 Å². The Labute approximate surface area is 332 Å². The molecular weight excluding hydrogens is 729 g/mol. The molecule has 16 heteroatoms. The number of anilines is 1. The standard InChI is InChI=1S/C39H44N10O6.C2H6/c1-24(41)36(55-23-25-9-7-6-8-10-25)35(43-15-16-50)38-48-47-37(49(38)22-26-11-14-33(54-5)44-20-26)34-29(19-40)30(42-2)18-31(46-34)39(51)45-21-27-12-13-28(52-3)17-32(27)53-4;1-2/h6-14,17-20,40,50H,15-16,21-23,41H2,1-5H3,(H,42,46)(H,45,51);1-2H3/b36-24+,40-19?,43-35?;. The van der Waals surface area contributed by atoms with Crippen LogP contribution in [0.4, 0.5) is 5.69 Å². The lowest BCUT2D eigenvalue weighted by Gasteiger charge is -2.18. The molecule has 0 spiro atoms. The number of benzene rings is 2. The predicted molar refractivity (Wildman–Crippen MR) is 219 cm³/mol. The smallest absolute Gasteiger partial charge is 0.270 e. The second-order valence-corrected chi connectivity index (χ2v) is 12.0. The topological polar surface area (TPSA) is 217 Å². The number of pyridine rings is 2. The maximum absolute atomic E-state index is 13.7. The first-order chi connectivity index (χ1) is 27.7. The quantitative estimate of drug-likeness (QED) is 0.0587. The van der Waals surface area contributed by atoms with E-state index in [0.717, 1.165) is 22.9 Å². The molecule has 3 heterocycles. The van der Waals surface area contributed by atoms with Gasteiger partial charge in [0.2, 0.25) is 5.88 Å². The molecule has 2 aromatic carbocycles. The summed E-state index contributed by atoms with van der Waals surface area (Å²) < 4.78 is 24.1. The van der Waals surface area contributed by atoms with Gasteiger partial charge >= 0.3 is 0 Å². The fraction of sp³-hybridized carbons (Fsp3) is 0.293. The number of nitrogens with one attached hydrogen (secondary N) is 3. The number of aliphatic hydroxyl groups excluding tert-OH is 1. The van der Waals surface area contributed by atoms with E-state index in [2.05, 4.69) is 30.8 Å². The molecule has 0 fully saturated rings. The van der Waals surface area contributed by atoms with E-state index in [0.29, 0.717) is 34.3 Å². The number of carbonyl (C=O) groups excluding carboxylic acids is 1. The van der Waals surface area contributed by atoms with Crippen LogP contribution >= 0.6 is 0 Å². The van der Waals surface area contributed by atoms with Gasteiger partial charge in [0, 0.05) is 55.0 Å². The number of rotatable bonds is 18. The summed E-state index contributed by atoms with van der Waals surface area (Å²) in [5.74, 6) is 1.78. The highest BCUT2D eigenvalue weighted by Crippen LogP contribution is 2.30. The number of aliphatic imine (C=N–C) groups is 1. The van der Waals surface area contributed by atoms with Gasteiger partial charge in [0.25, 0.3) is 5.91 Å². The van der Waals surface area contributed by atoms with Crippen LogP contribution in [-0.2, 0) is 24.4 Å². The van der Waals surface area contributed by atoms with Crippen LogP contribution in [0.15, 0.2) is 89.4 Å². The minimum absolute atomic E-state index is 0.00956. The van der Waals surface area contributed by atoms with Crippen LogP contribution in [0.5, 0.6) is 17.4 Å². The molecule has 57 heavy (non-hydrogen) atoms. The zero-order valence-corrected chi connectivity index (χ0v) is 33.3. The molecule has 16 nitrogen and oxygen atoms in total. The van der Waals surface area contributed by atoms with Gasteiger partial charge < -0.3 is 45.8 Å². The molecule has 300 valence electrons. The Kier molecular flexibility index (Phi) is 16.1. The van der Waals surface area contributed by atoms with Crippen molar-refractivity contribution >= 4 is 23.5 Å². The van der Waals surface area contributed by atoms with E-state index in [1.54, 1.807) is 69.3 Å². The van der Waals surface area contributed by atoms with Crippen molar-refractivity contribution in [2.45, 2.75) is 40.5 Å². The van der Waals surface area contributed by atoms with Gasteiger partial charge in [0.1, 0.15) is 35.2 Å². The van der Waals surface area contributed by atoms with E-state index in [1.165, 1.54) is 7.11 Å². The van der Waals surface area contributed by atoms with E-state index in [-0.39, 0.29) is 67.4 Å². The number of methoxy groups -OCH3 is 3. The molecule has 6 N–H and O–H groups in total. The summed E-state index contributed by atoms with van der Waals surface area (Å²) in [6.07, 6.45) is 2.78. The Bertz CT molecular complexity index is 2170. The largest absolute Gasteiger partial charge is 0.497 e. The lowest BCUT2D eigenvalue weighted by atomic mass is 10.1. The molecular formula is C41H50N10O6. The number of aliphatic hydroxyl groups is 1. The van der Waals surface area contributed by atoms with Crippen LogP contribution in [0.25, 0.3) is 11.5 Å². The number of nitrogens with two attached hydrogens (primary N) is 1. The van der Waals surface area contributed by atoms with Crippen molar-refractivity contribution in [2.75, 3.05) is 46.8 Å². The lowest BCUT2D eigenvalue weighted by Crippen LogP contribution is -2.25. The zero-order valence-electron chi connectivity index (χ0n) is 33.3. The lowest BCUT2D eigenvalue weighted by molar-refractivity contribution is 0.0946. The highest BCUT2D eigenvalue weighted by atomic mass is 16.5. The Morgan fingerprint density at radius 1 is 1.00 bits per heavy atom. The Hall–Kier alpha value is -6.81. The number of amides is 1. The van der Waals surface area contributed by atoms with Gasteiger partial charge in [-0.25, -0.2) is 9.97 Å². The number of hydrogen-bond acceptors (Lipinski definition) is 14. The van der Waals surface area contributed by atoms with Crippen molar-refractivity contribution in [2.24, 2.45) is 10.7 Å². The summed E-state index contributed by atoms with van der Waals surface area (Å²) >= 11 is 0. The summed E-state index contributed by atoms with van der Waals surface area (Å²) in [4.78, 5) is 27.6. The van der Waals surface area contributed by atoms with Crippen LogP contribution in [0.1, 0.15) is 59.3 Å². The number of nitrogens with zero attached hydrogens (tertiary/aromatic N) is 6. The number of ether oxygens (including phenoxy) is 4. The molecule has 5 rings (SSSR count). The molecule has 0 aliphatic heterocycles. The average Bonchev–Trinajstić information content (AvgIpc) is 3.66. The zero-order chi connectivity index (χ0) is 41.3. The summed E-state index contributed by atoms with van der Waals surface area (Å²) in [6, 6.07) is 20.0. The maximum Gasteiger partial charge on any atom is 0.270 e. The Balaban J connectivity index is 0.00000354. The summed E-state index contributed by atoms with van der Waals surface area (Å²) in [6.45, 7) is 5.89. The molecule has 0 atom stereocenters. The van der Waals surface area contributed by atoms with Gasteiger partial charge in [-0.3, -0.25) is 14.4 Å². The third kappa shape index (κ3) is 10.7. The molecule has 0 bridgehead atoms. The van der Waals surface area contributed by atoms with E-state index < -0.39 is 5.91 Å². The fourth-order valence-corrected chi connectivity index (χ4v) is 5.57. The van der Waals surface area contributed by atoms with E-state index in [9.17, 15) is 9.90 Å². The highest BCUT2D eigenvalue weighted by molar-refractivity contribution is 6.10. The normalized spacial score (nSPS) is 11.4. The van der Waals surface area contributed by atoms with Crippen molar-refractivity contribution in [1.29, 1.82) is 5.41 Å². The fourth-order valence-electron chi connectivity index (χ4n) is 5.57. The second kappa shape index (κ2) is 21.3. The first-order valence-corrected chi connectivity index (χ1v) is 18.2. The van der Waals surface area contributed by atoms with Crippen LogP contribution in [0, 0.1) is 5.41 Å². The van der Waals surface area contributed by atoms with Crippen LogP contribution in [0.2, 0.25) is 0 Å². The second-order valence-electron chi connectivity index (χ2n) is 12.0. The van der Waals surface area contributed by atoms with Crippen molar-refractivity contribution in [3.05, 3.63) is 118 Å². The maximum atomic E-state index is 13.7. The third-order valence-corrected chi connectivity index (χ3v) is 8.33. The van der Waals surface area contributed by atoms with Gasteiger partial charge in [-0.15, -0.1) is 10.2 Å². The monoisotopic (exact) mass is 778 g/mol. The minimum atomic E-state index is -0.485. The summed E-state index contributed by atoms with van der Waals surface area (Å²) in [5.41, 5.74) is 10.4. The number of hydrogen-bond donors (Lipinski definition) is 5. The third-order valence-electron chi connectivity index (χ3n) is 8.33. The molecule has 0 aliphatic carbocycles. The van der Waals surface area contributed by atoms with Crippen molar-refractivity contribution in [3.63, 3.8) is 0 Å². The molecule has 0 unspecified atom stereocenters. The number of carbonyl (C=O) groups is 1. The van der Waals surface area contributed by atoms with Crippen molar-refractivity contribution < 1.29 is 28.8 Å². The molecule has 5 aromatic rings. The molecule has 0 radical (unpaired) electrons. The van der Waals surface area contributed by atoms with Crippen molar-refractivity contribution in [1.82, 2.24) is 30.0 Å². The average molecular weight is 779 g/mol. The molecule has 3 aromatic heterocycles. The van der Waals surface area contributed by atoms with Gasteiger partial charge in [-0.05, 0) is 36.2 Å². The van der Waals surface area contributed by atoms with Crippen LogP contribution in [0.3, 0.4) is 0 Å². The minimum Gasteiger partial charge on any atom is -0.497 e. The molecule has 0 saturated heterocycles. The van der Waals surface area contributed by atoms with Gasteiger partial charge in [0.15, 0.2) is 17.4 Å².